The molecular weight excluding hydrogens is 228 g/mol. The highest BCUT2D eigenvalue weighted by Crippen LogP contribution is 2.34. The molecular formula is C14H20N2O2. The van der Waals surface area contributed by atoms with E-state index in [4.69, 9.17) is 5.11 Å². The lowest BCUT2D eigenvalue weighted by Gasteiger charge is -2.26. The Morgan fingerprint density at radius 3 is 2.33 bits per heavy atom. The van der Waals surface area contributed by atoms with Crippen LogP contribution in [0, 0.1) is 19.8 Å². The lowest BCUT2D eigenvalue weighted by molar-refractivity contribution is 0.0694. The summed E-state index contributed by atoms with van der Waals surface area (Å²) in [5.41, 5.74) is 1.43. The van der Waals surface area contributed by atoms with Crippen LogP contribution in [-0.4, -0.2) is 21.0 Å². The number of carboxylic acids is 1. The molecule has 4 heteroatoms. The van der Waals surface area contributed by atoms with Gasteiger partial charge in [-0.2, -0.15) is 0 Å². The van der Waals surface area contributed by atoms with Gasteiger partial charge in [0, 0.05) is 5.92 Å². The largest absolute Gasteiger partial charge is 0.478 e. The zero-order valence-electron chi connectivity index (χ0n) is 11.2. The number of rotatable bonds is 2. The summed E-state index contributed by atoms with van der Waals surface area (Å²) in [5.74, 6) is 1.01. The molecule has 0 aromatic carbocycles. The van der Waals surface area contributed by atoms with E-state index in [1.165, 1.54) is 12.8 Å². The van der Waals surface area contributed by atoms with Gasteiger partial charge in [0.05, 0.1) is 11.4 Å². The molecule has 1 fully saturated rings. The van der Waals surface area contributed by atoms with Gasteiger partial charge in [0.1, 0.15) is 11.4 Å². The highest BCUT2D eigenvalue weighted by molar-refractivity contribution is 5.89. The van der Waals surface area contributed by atoms with Gasteiger partial charge >= 0.3 is 5.97 Å². The summed E-state index contributed by atoms with van der Waals surface area (Å²) >= 11 is 0. The van der Waals surface area contributed by atoms with Crippen LogP contribution in [0.1, 0.15) is 66.1 Å². The van der Waals surface area contributed by atoms with Crippen LogP contribution in [0.4, 0.5) is 0 Å². The molecule has 1 heterocycles. The van der Waals surface area contributed by atoms with Crippen molar-refractivity contribution in [1.82, 2.24) is 9.97 Å². The number of aromatic nitrogens is 2. The van der Waals surface area contributed by atoms with Gasteiger partial charge in [-0.3, -0.25) is 0 Å². The third kappa shape index (κ3) is 2.52. The third-order valence-electron chi connectivity index (χ3n) is 3.80. The number of carboxylic acid groups (broad SMARTS) is 1. The Morgan fingerprint density at radius 2 is 1.83 bits per heavy atom. The van der Waals surface area contributed by atoms with E-state index in [-0.39, 0.29) is 5.56 Å². The fourth-order valence-electron chi connectivity index (χ4n) is 2.90. The second-order valence-corrected chi connectivity index (χ2v) is 5.40. The number of aromatic carboxylic acids is 1. The molecule has 1 aromatic heterocycles. The molecule has 0 spiro atoms. The SMILES string of the molecule is Cc1nc(C2CCCC(C)C2)nc(C)c1C(=O)O. The van der Waals surface area contributed by atoms with E-state index in [9.17, 15) is 4.79 Å². The van der Waals surface area contributed by atoms with Crippen molar-refractivity contribution in [2.45, 2.75) is 52.4 Å². The average molecular weight is 248 g/mol. The lowest BCUT2D eigenvalue weighted by atomic mass is 9.82. The molecule has 1 aromatic rings. The van der Waals surface area contributed by atoms with E-state index < -0.39 is 5.97 Å². The summed E-state index contributed by atoms with van der Waals surface area (Å²) in [6.07, 6.45) is 4.73. The smallest absolute Gasteiger partial charge is 0.339 e. The number of carbonyl (C=O) groups is 1. The monoisotopic (exact) mass is 248 g/mol. The standard InChI is InChI=1S/C14H20N2O2/c1-8-5-4-6-11(7-8)13-15-9(2)12(14(17)18)10(3)16-13/h8,11H,4-7H2,1-3H3,(H,17,18). The summed E-state index contributed by atoms with van der Waals surface area (Å²) in [7, 11) is 0. The molecule has 2 rings (SSSR count). The Morgan fingerprint density at radius 1 is 1.22 bits per heavy atom. The van der Waals surface area contributed by atoms with Crippen LogP contribution in [0.2, 0.25) is 0 Å². The topological polar surface area (TPSA) is 63.1 Å². The van der Waals surface area contributed by atoms with E-state index in [0.717, 1.165) is 18.7 Å². The Kier molecular flexibility index (Phi) is 3.64. The van der Waals surface area contributed by atoms with E-state index >= 15 is 0 Å². The van der Waals surface area contributed by atoms with Gasteiger partial charge in [0.25, 0.3) is 0 Å². The molecule has 18 heavy (non-hydrogen) atoms. The quantitative estimate of drug-likeness (QED) is 0.873. The first-order valence-corrected chi connectivity index (χ1v) is 6.57. The third-order valence-corrected chi connectivity index (χ3v) is 3.80. The molecule has 98 valence electrons. The second-order valence-electron chi connectivity index (χ2n) is 5.40. The number of hydrogen-bond donors (Lipinski definition) is 1. The molecule has 2 atom stereocenters. The molecule has 0 amide bonds. The van der Waals surface area contributed by atoms with Crippen molar-refractivity contribution in [3.63, 3.8) is 0 Å². The van der Waals surface area contributed by atoms with E-state index in [1.807, 2.05) is 0 Å². The van der Waals surface area contributed by atoms with Crippen LogP contribution >= 0.6 is 0 Å². The fraction of sp³-hybridized carbons (Fsp3) is 0.643. The van der Waals surface area contributed by atoms with Crippen LogP contribution < -0.4 is 0 Å². The summed E-state index contributed by atoms with van der Waals surface area (Å²) in [4.78, 5) is 19.9. The number of nitrogens with zero attached hydrogens (tertiary/aromatic N) is 2. The molecule has 1 aliphatic carbocycles. The molecule has 0 radical (unpaired) electrons. The highest BCUT2D eigenvalue weighted by Gasteiger charge is 2.24. The van der Waals surface area contributed by atoms with Crippen LogP contribution in [0.25, 0.3) is 0 Å². The predicted molar refractivity (Wildman–Crippen MR) is 68.8 cm³/mol. The van der Waals surface area contributed by atoms with Crippen molar-refractivity contribution in [3.8, 4) is 0 Å². The maximum atomic E-state index is 11.1. The molecule has 0 aliphatic heterocycles. The summed E-state index contributed by atoms with van der Waals surface area (Å²) < 4.78 is 0. The lowest BCUT2D eigenvalue weighted by Crippen LogP contribution is -2.17. The van der Waals surface area contributed by atoms with Gasteiger partial charge in [-0.05, 0) is 32.6 Å². The van der Waals surface area contributed by atoms with Crippen molar-refractivity contribution < 1.29 is 9.90 Å². The molecule has 1 aliphatic rings. The van der Waals surface area contributed by atoms with Crippen molar-refractivity contribution in [3.05, 3.63) is 22.8 Å². The molecule has 0 saturated heterocycles. The van der Waals surface area contributed by atoms with Gasteiger partial charge in [0.2, 0.25) is 0 Å². The first-order valence-electron chi connectivity index (χ1n) is 6.57. The van der Waals surface area contributed by atoms with Crippen molar-refractivity contribution in [2.24, 2.45) is 5.92 Å². The molecule has 1 N–H and O–H groups in total. The summed E-state index contributed by atoms with van der Waals surface area (Å²) in [5, 5.41) is 9.11. The van der Waals surface area contributed by atoms with Crippen LogP contribution in [0.3, 0.4) is 0 Å². The average Bonchev–Trinajstić information content (AvgIpc) is 2.27. The highest BCUT2D eigenvalue weighted by atomic mass is 16.4. The molecule has 0 bridgehead atoms. The van der Waals surface area contributed by atoms with Crippen molar-refractivity contribution in [2.75, 3.05) is 0 Å². The minimum Gasteiger partial charge on any atom is -0.478 e. The summed E-state index contributed by atoms with van der Waals surface area (Å²) in [6.45, 7) is 5.78. The number of hydrogen-bond acceptors (Lipinski definition) is 3. The molecule has 4 nitrogen and oxygen atoms in total. The zero-order valence-corrected chi connectivity index (χ0v) is 11.2. The van der Waals surface area contributed by atoms with Crippen molar-refractivity contribution >= 4 is 5.97 Å². The first-order chi connectivity index (χ1) is 8.49. The Hall–Kier alpha value is -1.45. The Balaban J connectivity index is 2.32. The van der Waals surface area contributed by atoms with Crippen LogP contribution in [-0.2, 0) is 0 Å². The van der Waals surface area contributed by atoms with Gasteiger partial charge in [0.15, 0.2) is 0 Å². The van der Waals surface area contributed by atoms with Gasteiger partial charge < -0.3 is 5.11 Å². The first kappa shape index (κ1) is 13.0. The fourth-order valence-corrected chi connectivity index (χ4v) is 2.90. The van der Waals surface area contributed by atoms with E-state index in [2.05, 4.69) is 16.9 Å². The Bertz CT molecular complexity index is 448. The molecule has 1 saturated carbocycles. The van der Waals surface area contributed by atoms with Gasteiger partial charge in [-0.25, -0.2) is 14.8 Å². The normalized spacial score (nSPS) is 23.9. The minimum atomic E-state index is -0.937. The van der Waals surface area contributed by atoms with Crippen molar-refractivity contribution in [1.29, 1.82) is 0 Å². The molecule has 2 unspecified atom stereocenters. The van der Waals surface area contributed by atoms with Gasteiger partial charge in [-0.15, -0.1) is 0 Å². The van der Waals surface area contributed by atoms with E-state index in [0.29, 0.717) is 23.2 Å². The zero-order chi connectivity index (χ0) is 13.3. The Labute approximate surface area is 107 Å². The van der Waals surface area contributed by atoms with Gasteiger partial charge in [-0.1, -0.05) is 19.8 Å². The van der Waals surface area contributed by atoms with E-state index in [1.54, 1.807) is 13.8 Å². The maximum absolute atomic E-state index is 11.1. The van der Waals surface area contributed by atoms with Crippen LogP contribution in [0.15, 0.2) is 0 Å². The second kappa shape index (κ2) is 5.04. The minimum absolute atomic E-state index is 0.252. The van der Waals surface area contributed by atoms with Crippen LogP contribution in [0.5, 0.6) is 0 Å². The maximum Gasteiger partial charge on any atom is 0.339 e. The predicted octanol–water partition coefficient (Wildman–Crippen LogP) is 3.09. The number of aryl methyl sites for hydroxylation is 2. The summed E-state index contributed by atoms with van der Waals surface area (Å²) in [6, 6.07) is 0.